The molecule has 1 aliphatic rings. The molecule has 1 aromatic carbocycles. The fourth-order valence-electron chi connectivity index (χ4n) is 1.71. The molecular formula is C13H14FN3O. The summed E-state index contributed by atoms with van der Waals surface area (Å²) in [5.74, 6) is -0.778. The number of amides is 1. The smallest absolute Gasteiger partial charge is 0.282 e. The Morgan fingerprint density at radius 2 is 2.00 bits per heavy atom. The second-order valence-electron chi connectivity index (χ2n) is 4.26. The lowest BCUT2D eigenvalue weighted by molar-refractivity contribution is -0.114. The van der Waals surface area contributed by atoms with Gasteiger partial charge in [-0.15, -0.1) is 0 Å². The van der Waals surface area contributed by atoms with Crippen molar-refractivity contribution in [1.82, 2.24) is 4.90 Å². The normalized spacial score (nSPS) is 17.3. The van der Waals surface area contributed by atoms with E-state index in [0.717, 1.165) is 5.01 Å². The summed E-state index contributed by atoms with van der Waals surface area (Å²) in [6.07, 6.45) is 1.68. The quantitative estimate of drug-likeness (QED) is 0.749. The molecule has 0 saturated heterocycles. The number of nitrogens with zero attached hydrogens (tertiary/aromatic N) is 3. The number of para-hydroxylation sites is 1. The second-order valence-corrected chi connectivity index (χ2v) is 4.26. The van der Waals surface area contributed by atoms with Crippen LogP contribution in [0, 0.1) is 5.82 Å². The maximum Gasteiger partial charge on any atom is 0.282 e. The maximum atomic E-state index is 13.6. The molecule has 1 aromatic rings. The summed E-state index contributed by atoms with van der Waals surface area (Å²) in [6.45, 7) is 1.73. The van der Waals surface area contributed by atoms with Gasteiger partial charge in [0.25, 0.3) is 5.91 Å². The van der Waals surface area contributed by atoms with Gasteiger partial charge < -0.3 is 4.90 Å². The first-order valence-corrected chi connectivity index (χ1v) is 5.53. The molecule has 0 fully saturated rings. The fourth-order valence-corrected chi connectivity index (χ4v) is 1.71. The van der Waals surface area contributed by atoms with Crippen molar-refractivity contribution in [2.75, 3.05) is 19.1 Å². The van der Waals surface area contributed by atoms with E-state index in [-0.39, 0.29) is 11.6 Å². The Morgan fingerprint density at radius 1 is 1.33 bits per heavy atom. The highest BCUT2D eigenvalue weighted by Gasteiger charge is 2.30. The van der Waals surface area contributed by atoms with Gasteiger partial charge in [0.05, 0.1) is 11.3 Å². The molecule has 4 nitrogen and oxygen atoms in total. The monoisotopic (exact) mass is 247 g/mol. The predicted molar refractivity (Wildman–Crippen MR) is 68.8 cm³/mol. The molecule has 0 unspecified atom stereocenters. The number of carbonyl (C=O) groups is 1. The van der Waals surface area contributed by atoms with Gasteiger partial charge in [0.2, 0.25) is 0 Å². The third-order valence-electron chi connectivity index (χ3n) is 2.53. The van der Waals surface area contributed by atoms with E-state index >= 15 is 0 Å². The van der Waals surface area contributed by atoms with Crippen molar-refractivity contribution in [3.63, 3.8) is 0 Å². The molecule has 0 bridgehead atoms. The summed E-state index contributed by atoms with van der Waals surface area (Å²) in [7, 11) is 3.64. The molecule has 0 radical (unpaired) electrons. The number of rotatable bonds is 2. The first-order valence-electron chi connectivity index (χ1n) is 5.53. The van der Waals surface area contributed by atoms with E-state index in [9.17, 15) is 9.18 Å². The molecule has 94 valence electrons. The van der Waals surface area contributed by atoms with E-state index in [0.29, 0.717) is 11.3 Å². The third kappa shape index (κ3) is 2.11. The number of anilines is 1. The SMILES string of the molecule is CC1=NN(c2ccccc2F)C(=O)/C1=C\N(C)C. The minimum atomic E-state index is -0.464. The Morgan fingerprint density at radius 3 is 2.61 bits per heavy atom. The topological polar surface area (TPSA) is 35.9 Å². The standard InChI is InChI=1S/C13H14FN3O/c1-9-10(8-16(2)3)13(18)17(15-9)12-7-5-4-6-11(12)14/h4-8H,1-3H3/b10-8-. The lowest BCUT2D eigenvalue weighted by atomic mass is 10.2. The van der Waals surface area contributed by atoms with Crippen molar-refractivity contribution in [1.29, 1.82) is 0 Å². The van der Waals surface area contributed by atoms with Crippen molar-refractivity contribution < 1.29 is 9.18 Å². The summed E-state index contributed by atoms with van der Waals surface area (Å²) in [4.78, 5) is 13.9. The van der Waals surface area contributed by atoms with Crippen LogP contribution in [0.5, 0.6) is 0 Å². The molecule has 18 heavy (non-hydrogen) atoms. The van der Waals surface area contributed by atoms with E-state index < -0.39 is 5.82 Å². The first kappa shape index (κ1) is 12.3. The Hall–Kier alpha value is -2.17. The number of carbonyl (C=O) groups excluding carboxylic acids is 1. The van der Waals surface area contributed by atoms with Gasteiger partial charge >= 0.3 is 0 Å². The van der Waals surface area contributed by atoms with E-state index in [1.54, 1.807) is 30.2 Å². The summed E-state index contributed by atoms with van der Waals surface area (Å²) < 4.78 is 13.6. The lowest BCUT2D eigenvalue weighted by Gasteiger charge is -2.12. The molecular weight excluding hydrogens is 233 g/mol. The van der Waals surface area contributed by atoms with Gasteiger partial charge in [-0.3, -0.25) is 4.79 Å². The lowest BCUT2D eigenvalue weighted by Crippen LogP contribution is -2.23. The van der Waals surface area contributed by atoms with Crippen LogP contribution in [0.15, 0.2) is 41.1 Å². The van der Waals surface area contributed by atoms with E-state index in [1.807, 2.05) is 14.1 Å². The van der Waals surface area contributed by atoms with Gasteiger partial charge in [-0.1, -0.05) is 12.1 Å². The van der Waals surface area contributed by atoms with Crippen molar-refractivity contribution in [3.8, 4) is 0 Å². The Bertz CT molecular complexity index is 549. The molecule has 0 saturated carbocycles. The van der Waals surface area contributed by atoms with Crippen LogP contribution in [0.2, 0.25) is 0 Å². The fraction of sp³-hybridized carbons (Fsp3) is 0.231. The van der Waals surface area contributed by atoms with Crippen molar-refractivity contribution in [2.24, 2.45) is 5.10 Å². The maximum absolute atomic E-state index is 13.6. The minimum absolute atomic E-state index is 0.170. The zero-order chi connectivity index (χ0) is 13.3. The summed E-state index contributed by atoms with van der Waals surface area (Å²) in [5, 5.41) is 5.20. The van der Waals surface area contributed by atoms with Crippen LogP contribution in [0.4, 0.5) is 10.1 Å². The van der Waals surface area contributed by atoms with Crippen LogP contribution in [-0.4, -0.2) is 30.6 Å². The van der Waals surface area contributed by atoms with Crippen molar-refractivity contribution in [2.45, 2.75) is 6.92 Å². The van der Waals surface area contributed by atoms with Crippen LogP contribution in [0.1, 0.15) is 6.92 Å². The van der Waals surface area contributed by atoms with Crippen LogP contribution >= 0.6 is 0 Å². The van der Waals surface area contributed by atoms with Gasteiger partial charge in [-0.25, -0.2) is 4.39 Å². The zero-order valence-corrected chi connectivity index (χ0v) is 10.5. The first-order chi connectivity index (χ1) is 8.50. The number of hydrogen-bond donors (Lipinski definition) is 0. The average molecular weight is 247 g/mol. The van der Waals surface area contributed by atoms with Gasteiger partial charge in [0, 0.05) is 20.3 Å². The molecule has 0 aliphatic carbocycles. The van der Waals surface area contributed by atoms with Crippen LogP contribution in [0.3, 0.4) is 0 Å². The van der Waals surface area contributed by atoms with Gasteiger partial charge in [-0.2, -0.15) is 10.1 Å². The minimum Gasteiger partial charge on any atom is -0.383 e. The largest absolute Gasteiger partial charge is 0.383 e. The molecule has 0 spiro atoms. The van der Waals surface area contributed by atoms with Crippen LogP contribution < -0.4 is 5.01 Å². The van der Waals surface area contributed by atoms with Crippen molar-refractivity contribution in [3.05, 3.63) is 41.9 Å². The van der Waals surface area contributed by atoms with Gasteiger partial charge in [-0.05, 0) is 19.1 Å². The van der Waals surface area contributed by atoms with Crippen LogP contribution in [-0.2, 0) is 4.79 Å². The highest BCUT2D eigenvalue weighted by atomic mass is 19.1. The molecule has 0 atom stereocenters. The summed E-state index contributed by atoms with van der Waals surface area (Å²) in [6, 6.07) is 6.08. The van der Waals surface area contributed by atoms with Gasteiger partial charge in [0.1, 0.15) is 11.5 Å². The second kappa shape index (κ2) is 4.60. The predicted octanol–water partition coefficient (Wildman–Crippen LogP) is 1.99. The summed E-state index contributed by atoms with van der Waals surface area (Å²) in [5.41, 5.74) is 1.23. The van der Waals surface area contributed by atoms with E-state index in [2.05, 4.69) is 5.10 Å². The van der Waals surface area contributed by atoms with Crippen LogP contribution in [0.25, 0.3) is 0 Å². The molecule has 0 N–H and O–H groups in total. The molecule has 0 aromatic heterocycles. The number of hydrogen-bond acceptors (Lipinski definition) is 3. The van der Waals surface area contributed by atoms with Gasteiger partial charge in [0.15, 0.2) is 0 Å². The van der Waals surface area contributed by atoms with E-state index in [1.165, 1.54) is 12.1 Å². The highest BCUT2D eigenvalue weighted by molar-refractivity contribution is 6.29. The third-order valence-corrected chi connectivity index (χ3v) is 2.53. The molecule has 1 heterocycles. The number of halogens is 1. The average Bonchev–Trinajstić information content (AvgIpc) is 2.57. The highest BCUT2D eigenvalue weighted by Crippen LogP contribution is 2.25. The Labute approximate surface area is 105 Å². The molecule has 5 heteroatoms. The molecule has 1 amide bonds. The molecule has 2 rings (SSSR count). The Balaban J connectivity index is 2.40. The van der Waals surface area contributed by atoms with E-state index in [4.69, 9.17) is 0 Å². The summed E-state index contributed by atoms with van der Waals surface area (Å²) >= 11 is 0. The Kier molecular flexibility index (Phi) is 3.14. The zero-order valence-electron chi connectivity index (χ0n) is 10.5. The number of hydrazone groups is 1. The molecule has 1 aliphatic heterocycles. The van der Waals surface area contributed by atoms with Crippen molar-refractivity contribution >= 4 is 17.3 Å². The number of benzene rings is 1.